The Kier molecular flexibility index (Phi) is 2.72. The van der Waals surface area contributed by atoms with Crippen molar-refractivity contribution in [3.05, 3.63) is 35.7 Å². The van der Waals surface area contributed by atoms with Crippen LogP contribution in [0.15, 0.2) is 30.7 Å². The molecule has 4 heterocycles. The van der Waals surface area contributed by atoms with Gasteiger partial charge in [-0.2, -0.15) is 14.7 Å². The van der Waals surface area contributed by atoms with E-state index in [0.29, 0.717) is 15.8 Å². The zero-order valence-corrected chi connectivity index (χ0v) is 12.4. The zero-order chi connectivity index (χ0) is 14.4. The Bertz CT molecular complexity index is 904. The van der Waals surface area contributed by atoms with Crippen LogP contribution in [0.5, 0.6) is 0 Å². The highest BCUT2D eigenvalue weighted by molar-refractivity contribution is 7.19. The van der Waals surface area contributed by atoms with Gasteiger partial charge in [0.05, 0.1) is 11.2 Å². The SMILES string of the molecule is Cn1ncc(Cl)c1-c1nn2c(-c3cccnc3)nnc2s1. The minimum Gasteiger partial charge on any atom is -0.264 e. The van der Waals surface area contributed by atoms with E-state index in [-0.39, 0.29) is 0 Å². The van der Waals surface area contributed by atoms with E-state index < -0.39 is 0 Å². The normalized spacial score (nSPS) is 11.3. The number of fused-ring (bicyclic) bond motifs is 1. The molecule has 4 aromatic heterocycles. The molecule has 0 spiro atoms. The predicted octanol–water partition coefficient (Wildman–Crippen LogP) is 2.30. The first-order valence-electron chi connectivity index (χ1n) is 6.04. The third-order valence-electron chi connectivity index (χ3n) is 3.01. The van der Waals surface area contributed by atoms with Gasteiger partial charge in [0, 0.05) is 25.0 Å². The fraction of sp³-hybridized carbons (Fsp3) is 0.0833. The number of hydrogen-bond donors (Lipinski definition) is 0. The first-order chi connectivity index (χ1) is 10.2. The maximum atomic E-state index is 6.16. The smallest absolute Gasteiger partial charge is 0.235 e. The Morgan fingerprint density at radius 3 is 2.86 bits per heavy atom. The largest absolute Gasteiger partial charge is 0.264 e. The van der Waals surface area contributed by atoms with Crippen LogP contribution in [0.2, 0.25) is 5.02 Å². The van der Waals surface area contributed by atoms with E-state index in [2.05, 4.69) is 25.4 Å². The quantitative estimate of drug-likeness (QED) is 0.567. The number of halogens is 1. The molecular weight excluding hydrogens is 310 g/mol. The third-order valence-corrected chi connectivity index (χ3v) is 4.19. The number of aromatic nitrogens is 7. The zero-order valence-electron chi connectivity index (χ0n) is 10.8. The van der Waals surface area contributed by atoms with Gasteiger partial charge in [0.15, 0.2) is 10.8 Å². The highest BCUT2D eigenvalue weighted by atomic mass is 35.5. The second-order valence-electron chi connectivity index (χ2n) is 4.33. The Labute approximate surface area is 127 Å². The van der Waals surface area contributed by atoms with Crippen LogP contribution in [-0.4, -0.2) is 34.6 Å². The predicted molar refractivity (Wildman–Crippen MR) is 79.1 cm³/mol. The number of pyridine rings is 1. The summed E-state index contributed by atoms with van der Waals surface area (Å²) in [5, 5.41) is 18.3. The molecule has 0 aliphatic heterocycles. The molecule has 0 saturated carbocycles. The Morgan fingerprint density at radius 2 is 2.14 bits per heavy atom. The van der Waals surface area contributed by atoms with Crippen LogP contribution in [-0.2, 0) is 7.05 Å². The minimum atomic E-state index is 0.561. The lowest BCUT2D eigenvalue weighted by atomic mass is 10.3. The maximum Gasteiger partial charge on any atom is 0.235 e. The topological polar surface area (TPSA) is 73.8 Å². The molecule has 4 rings (SSSR count). The van der Waals surface area contributed by atoms with E-state index in [1.54, 1.807) is 27.8 Å². The summed E-state index contributed by atoms with van der Waals surface area (Å²) in [5.41, 5.74) is 1.63. The molecule has 0 bridgehead atoms. The summed E-state index contributed by atoms with van der Waals surface area (Å²) in [6, 6.07) is 3.77. The van der Waals surface area contributed by atoms with Gasteiger partial charge >= 0.3 is 0 Å². The van der Waals surface area contributed by atoms with E-state index in [1.807, 2.05) is 19.2 Å². The molecule has 0 aliphatic rings. The van der Waals surface area contributed by atoms with Crippen molar-refractivity contribution in [2.45, 2.75) is 0 Å². The lowest BCUT2D eigenvalue weighted by molar-refractivity contribution is 0.772. The van der Waals surface area contributed by atoms with Crippen LogP contribution < -0.4 is 0 Å². The molecule has 21 heavy (non-hydrogen) atoms. The number of aryl methyl sites for hydroxylation is 1. The monoisotopic (exact) mass is 317 g/mol. The Morgan fingerprint density at radius 1 is 1.24 bits per heavy atom. The second-order valence-corrected chi connectivity index (χ2v) is 5.69. The molecular formula is C12H8ClN7S. The second kappa shape index (κ2) is 4.61. The molecule has 104 valence electrons. The Hall–Kier alpha value is -2.32. The van der Waals surface area contributed by atoms with Crippen LogP contribution in [0.1, 0.15) is 0 Å². The number of rotatable bonds is 2. The van der Waals surface area contributed by atoms with Gasteiger partial charge in [0.1, 0.15) is 5.69 Å². The van der Waals surface area contributed by atoms with E-state index in [1.165, 1.54) is 11.3 Å². The van der Waals surface area contributed by atoms with E-state index >= 15 is 0 Å². The highest BCUT2D eigenvalue weighted by Crippen LogP contribution is 2.31. The fourth-order valence-corrected chi connectivity index (χ4v) is 3.28. The first-order valence-corrected chi connectivity index (χ1v) is 7.24. The fourth-order valence-electron chi connectivity index (χ4n) is 2.04. The van der Waals surface area contributed by atoms with Crippen molar-refractivity contribution < 1.29 is 0 Å². The molecule has 0 fully saturated rings. The molecule has 0 unspecified atom stereocenters. The van der Waals surface area contributed by atoms with E-state index in [0.717, 1.165) is 16.3 Å². The van der Waals surface area contributed by atoms with Gasteiger partial charge in [-0.3, -0.25) is 9.67 Å². The summed E-state index contributed by atoms with van der Waals surface area (Å²) in [6.45, 7) is 0. The summed E-state index contributed by atoms with van der Waals surface area (Å²) >= 11 is 7.57. The van der Waals surface area contributed by atoms with Gasteiger partial charge < -0.3 is 0 Å². The van der Waals surface area contributed by atoms with Crippen molar-refractivity contribution in [2.24, 2.45) is 7.05 Å². The van der Waals surface area contributed by atoms with Crippen molar-refractivity contribution in [3.8, 4) is 22.1 Å². The summed E-state index contributed by atoms with van der Waals surface area (Å²) in [7, 11) is 1.83. The van der Waals surface area contributed by atoms with Crippen molar-refractivity contribution in [1.82, 2.24) is 34.6 Å². The number of hydrogen-bond acceptors (Lipinski definition) is 6. The molecule has 0 aliphatic carbocycles. The molecule has 0 aromatic carbocycles. The minimum absolute atomic E-state index is 0.561. The summed E-state index contributed by atoms with van der Waals surface area (Å²) in [6.07, 6.45) is 5.04. The van der Waals surface area contributed by atoms with Crippen LogP contribution in [0.3, 0.4) is 0 Å². The first kappa shape index (κ1) is 12.4. The molecule has 0 radical (unpaired) electrons. The molecule has 0 saturated heterocycles. The van der Waals surface area contributed by atoms with Gasteiger partial charge in [0.2, 0.25) is 4.96 Å². The van der Waals surface area contributed by atoms with E-state index in [9.17, 15) is 0 Å². The van der Waals surface area contributed by atoms with E-state index in [4.69, 9.17) is 11.6 Å². The number of nitrogens with zero attached hydrogens (tertiary/aromatic N) is 7. The van der Waals surface area contributed by atoms with Crippen molar-refractivity contribution in [1.29, 1.82) is 0 Å². The van der Waals surface area contributed by atoms with Gasteiger partial charge in [-0.25, -0.2) is 0 Å². The standard InChI is InChI=1S/C12H8ClN7S/c1-19-9(8(13)6-15-19)11-18-20-10(16-17-12(20)21-11)7-3-2-4-14-5-7/h2-6H,1H3. The van der Waals surface area contributed by atoms with Crippen molar-refractivity contribution in [2.75, 3.05) is 0 Å². The molecule has 9 heteroatoms. The van der Waals surface area contributed by atoms with Crippen LogP contribution in [0, 0.1) is 0 Å². The summed E-state index contributed by atoms with van der Waals surface area (Å²) < 4.78 is 3.39. The average Bonchev–Trinajstić information content (AvgIpc) is 3.14. The van der Waals surface area contributed by atoms with Crippen molar-refractivity contribution in [3.63, 3.8) is 0 Å². The highest BCUT2D eigenvalue weighted by Gasteiger charge is 2.18. The summed E-state index contributed by atoms with van der Waals surface area (Å²) in [5.74, 6) is 0.652. The van der Waals surface area contributed by atoms with Gasteiger partial charge in [-0.05, 0) is 12.1 Å². The van der Waals surface area contributed by atoms with Crippen molar-refractivity contribution >= 4 is 27.9 Å². The lowest BCUT2D eigenvalue weighted by Gasteiger charge is -1.97. The Balaban J connectivity index is 1.91. The van der Waals surface area contributed by atoms with Crippen LogP contribution in [0.4, 0.5) is 0 Å². The molecule has 7 nitrogen and oxygen atoms in total. The molecule has 0 amide bonds. The van der Waals surface area contributed by atoms with Crippen LogP contribution >= 0.6 is 22.9 Å². The lowest BCUT2D eigenvalue weighted by Crippen LogP contribution is -1.95. The molecule has 0 atom stereocenters. The van der Waals surface area contributed by atoms with Gasteiger partial charge in [0.25, 0.3) is 0 Å². The molecule has 0 N–H and O–H groups in total. The molecule has 4 aromatic rings. The summed E-state index contributed by atoms with van der Waals surface area (Å²) in [4.78, 5) is 4.79. The van der Waals surface area contributed by atoms with Crippen LogP contribution in [0.25, 0.3) is 27.1 Å². The maximum absolute atomic E-state index is 6.16. The van der Waals surface area contributed by atoms with Gasteiger partial charge in [-0.15, -0.1) is 10.2 Å². The average molecular weight is 318 g/mol. The third kappa shape index (κ3) is 1.91. The van der Waals surface area contributed by atoms with Gasteiger partial charge in [-0.1, -0.05) is 22.9 Å².